The summed E-state index contributed by atoms with van der Waals surface area (Å²) in [5.41, 5.74) is 1.51. The molecule has 3 aromatic rings. The Morgan fingerprint density at radius 1 is 0.923 bits per heavy atom. The van der Waals surface area contributed by atoms with Crippen LogP contribution in [0.15, 0.2) is 59.6 Å². The van der Waals surface area contributed by atoms with Crippen molar-refractivity contribution in [1.82, 2.24) is 4.98 Å². The smallest absolute Gasteiger partial charge is 0.276 e. The van der Waals surface area contributed by atoms with Crippen LogP contribution in [0, 0.1) is 0 Å². The SMILES string of the molecule is CC1(C)Cc2c(cccc2C(F)(F)F)C(c2ccc3ccccc3n2)=N1. The first-order valence-corrected chi connectivity index (χ1v) is 8.40. The van der Waals surface area contributed by atoms with Crippen molar-refractivity contribution in [1.29, 1.82) is 0 Å². The van der Waals surface area contributed by atoms with Crippen LogP contribution >= 0.6 is 0 Å². The molecule has 1 aliphatic heterocycles. The number of hydrogen-bond acceptors (Lipinski definition) is 2. The van der Waals surface area contributed by atoms with Gasteiger partial charge in [-0.3, -0.25) is 4.99 Å². The molecule has 1 aliphatic rings. The van der Waals surface area contributed by atoms with E-state index in [9.17, 15) is 13.2 Å². The first kappa shape index (κ1) is 16.8. The Kier molecular flexibility index (Phi) is 3.65. The summed E-state index contributed by atoms with van der Waals surface area (Å²) < 4.78 is 40.5. The second-order valence-electron chi connectivity index (χ2n) is 7.17. The lowest BCUT2D eigenvalue weighted by Crippen LogP contribution is -2.31. The highest BCUT2D eigenvalue weighted by molar-refractivity contribution is 6.14. The van der Waals surface area contributed by atoms with E-state index >= 15 is 0 Å². The Morgan fingerprint density at radius 2 is 1.69 bits per heavy atom. The van der Waals surface area contributed by atoms with Gasteiger partial charge in [-0.15, -0.1) is 0 Å². The maximum atomic E-state index is 13.5. The standard InChI is InChI=1S/C21H17F3N2/c1-20(2)12-15-14(7-5-8-16(15)21(22,23)24)19(26-20)18-11-10-13-6-3-4-9-17(13)25-18/h3-11H,12H2,1-2H3. The summed E-state index contributed by atoms with van der Waals surface area (Å²) in [4.78, 5) is 9.39. The van der Waals surface area contributed by atoms with Crippen LogP contribution in [-0.4, -0.2) is 16.2 Å². The minimum absolute atomic E-state index is 0.245. The van der Waals surface area contributed by atoms with Crippen molar-refractivity contribution in [3.63, 3.8) is 0 Å². The summed E-state index contributed by atoms with van der Waals surface area (Å²) >= 11 is 0. The number of nitrogens with zero attached hydrogens (tertiary/aromatic N) is 2. The van der Waals surface area contributed by atoms with Crippen LogP contribution in [0.2, 0.25) is 0 Å². The maximum Gasteiger partial charge on any atom is 0.416 e. The Balaban J connectivity index is 1.95. The zero-order valence-corrected chi connectivity index (χ0v) is 14.4. The molecule has 0 fully saturated rings. The van der Waals surface area contributed by atoms with Gasteiger partial charge in [0.15, 0.2) is 0 Å². The van der Waals surface area contributed by atoms with E-state index in [1.165, 1.54) is 6.07 Å². The molecule has 0 unspecified atom stereocenters. The minimum atomic E-state index is -4.39. The topological polar surface area (TPSA) is 25.2 Å². The quantitative estimate of drug-likeness (QED) is 0.572. The molecule has 0 bridgehead atoms. The molecule has 4 rings (SSSR count). The van der Waals surface area contributed by atoms with E-state index in [0.717, 1.165) is 17.0 Å². The van der Waals surface area contributed by atoms with Gasteiger partial charge in [-0.05, 0) is 44.0 Å². The molecule has 0 aliphatic carbocycles. The van der Waals surface area contributed by atoms with Gasteiger partial charge >= 0.3 is 6.18 Å². The lowest BCUT2D eigenvalue weighted by atomic mass is 9.83. The molecule has 2 heterocycles. The largest absolute Gasteiger partial charge is 0.416 e. The van der Waals surface area contributed by atoms with E-state index in [4.69, 9.17) is 4.99 Å². The van der Waals surface area contributed by atoms with Gasteiger partial charge in [0.25, 0.3) is 0 Å². The van der Waals surface area contributed by atoms with Crippen LogP contribution < -0.4 is 0 Å². The summed E-state index contributed by atoms with van der Waals surface area (Å²) in [6, 6.07) is 15.7. The first-order chi connectivity index (χ1) is 12.2. The average Bonchev–Trinajstić information content (AvgIpc) is 2.58. The predicted octanol–water partition coefficient (Wildman–Crippen LogP) is 5.43. The second kappa shape index (κ2) is 5.66. The molecule has 26 heavy (non-hydrogen) atoms. The molecule has 2 nitrogen and oxygen atoms in total. The molecule has 0 spiro atoms. The fourth-order valence-electron chi connectivity index (χ4n) is 3.49. The molecule has 0 saturated carbocycles. The molecule has 132 valence electrons. The van der Waals surface area contributed by atoms with Gasteiger partial charge in [-0.1, -0.05) is 36.4 Å². The van der Waals surface area contributed by atoms with Crippen LogP contribution in [-0.2, 0) is 12.6 Å². The summed E-state index contributed by atoms with van der Waals surface area (Å²) in [6.07, 6.45) is -4.14. The van der Waals surface area contributed by atoms with Gasteiger partial charge < -0.3 is 0 Å². The van der Waals surface area contributed by atoms with E-state index in [1.54, 1.807) is 6.07 Å². The van der Waals surface area contributed by atoms with Crippen LogP contribution in [0.1, 0.15) is 36.2 Å². The van der Waals surface area contributed by atoms with Crippen molar-refractivity contribution < 1.29 is 13.2 Å². The molecule has 1 aromatic heterocycles. The number of pyridine rings is 1. The van der Waals surface area contributed by atoms with E-state index < -0.39 is 17.3 Å². The van der Waals surface area contributed by atoms with Gasteiger partial charge in [0, 0.05) is 10.9 Å². The molecular formula is C21H17F3N2. The van der Waals surface area contributed by atoms with Crippen molar-refractivity contribution in [2.24, 2.45) is 4.99 Å². The molecule has 5 heteroatoms. The molecule has 2 aromatic carbocycles. The average molecular weight is 354 g/mol. The van der Waals surface area contributed by atoms with Crippen LogP contribution in [0.25, 0.3) is 10.9 Å². The number of rotatable bonds is 1. The number of fused-ring (bicyclic) bond motifs is 2. The molecule has 0 atom stereocenters. The van der Waals surface area contributed by atoms with E-state index in [1.807, 2.05) is 50.2 Å². The normalized spacial score (nSPS) is 16.3. The third-order valence-electron chi connectivity index (χ3n) is 4.60. The van der Waals surface area contributed by atoms with Crippen LogP contribution in [0.4, 0.5) is 13.2 Å². The second-order valence-corrected chi connectivity index (χ2v) is 7.17. The number of aromatic nitrogens is 1. The fraction of sp³-hybridized carbons (Fsp3) is 0.238. The minimum Gasteiger partial charge on any atom is -0.276 e. The van der Waals surface area contributed by atoms with E-state index in [2.05, 4.69) is 4.98 Å². The third-order valence-corrected chi connectivity index (χ3v) is 4.60. The molecule has 0 radical (unpaired) electrons. The van der Waals surface area contributed by atoms with Crippen LogP contribution in [0.5, 0.6) is 0 Å². The number of hydrogen-bond donors (Lipinski definition) is 0. The zero-order chi connectivity index (χ0) is 18.5. The highest BCUT2D eigenvalue weighted by Crippen LogP contribution is 2.38. The lowest BCUT2D eigenvalue weighted by Gasteiger charge is -2.31. The lowest BCUT2D eigenvalue weighted by molar-refractivity contribution is -0.138. The van der Waals surface area contributed by atoms with Gasteiger partial charge in [0.1, 0.15) is 0 Å². The van der Waals surface area contributed by atoms with Gasteiger partial charge in [-0.25, -0.2) is 4.98 Å². The maximum absolute atomic E-state index is 13.5. The first-order valence-electron chi connectivity index (χ1n) is 8.40. The van der Waals surface area contributed by atoms with Crippen molar-refractivity contribution in [2.45, 2.75) is 32.0 Å². The number of alkyl halides is 3. The van der Waals surface area contributed by atoms with Gasteiger partial charge in [-0.2, -0.15) is 13.2 Å². The Labute approximate surface area is 149 Å². The number of benzene rings is 2. The Bertz CT molecular complexity index is 1030. The summed E-state index contributed by atoms with van der Waals surface area (Å²) in [5.74, 6) is 0. The molecule has 0 amide bonds. The summed E-state index contributed by atoms with van der Waals surface area (Å²) in [6.45, 7) is 3.70. The van der Waals surface area contributed by atoms with E-state index in [0.29, 0.717) is 22.5 Å². The predicted molar refractivity (Wildman–Crippen MR) is 96.6 cm³/mol. The van der Waals surface area contributed by atoms with Crippen LogP contribution in [0.3, 0.4) is 0 Å². The van der Waals surface area contributed by atoms with Gasteiger partial charge in [0.2, 0.25) is 0 Å². The van der Waals surface area contributed by atoms with Crippen molar-refractivity contribution in [2.75, 3.05) is 0 Å². The number of halogens is 3. The summed E-state index contributed by atoms with van der Waals surface area (Å²) in [5, 5.41) is 0.983. The number of para-hydroxylation sites is 1. The third kappa shape index (κ3) is 2.87. The number of aliphatic imine (C=N–C) groups is 1. The van der Waals surface area contributed by atoms with Crippen molar-refractivity contribution >= 4 is 16.6 Å². The Hall–Kier alpha value is -2.69. The van der Waals surface area contributed by atoms with Crippen molar-refractivity contribution in [3.8, 4) is 0 Å². The Morgan fingerprint density at radius 3 is 2.46 bits per heavy atom. The highest BCUT2D eigenvalue weighted by atomic mass is 19.4. The molecular weight excluding hydrogens is 337 g/mol. The molecule has 0 saturated heterocycles. The van der Waals surface area contributed by atoms with Gasteiger partial charge in [0.05, 0.1) is 28.0 Å². The summed E-state index contributed by atoms with van der Waals surface area (Å²) in [7, 11) is 0. The zero-order valence-electron chi connectivity index (χ0n) is 14.4. The monoisotopic (exact) mass is 354 g/mol. The van der Waals surface area contributed by atoms with Crippen molar-refractivity contribution in [3.05, 3.63) is 77.0 Å². The molecule has 0 N–H and O–H groups in total. The van der Waals surface area contributed by atoms with E-state index in [-0.39, 0.29) is 6.42 Å². The highest BCUT2D eigenvalue weighted by Gasteiger charge is 2.38. The fourth-order valence-corrected chi connectivity index (χ4v) is 3.49.